The van der Waals surface area contributed by atoms with Gasteiger partial charge in [-0.3, -0.25) is 9.78 Å². The van der Waals surface area contributed by atoms with Crippen molar-refractivity contribution in [1.29, 1.82) is 5.26 Å². The van der Waals surface area contributed by atoms with Gasteiger partial charge in [-0.25, -0.2) is 0 Å². The fraction of sp³-hybridized carbons (Fsp3) is 0.357. The number of thiocarbonyl (C=S) groups is 1. The van der Waals surface area contributed by atoms with E-state index in [9.17, 15) is 4.79 Å². The quantitative estimate of drug-likeness (QED) is 0.293. The number of halogens is 3. The largest absolute Gasteiger partial charge is 0.384 e. The van der Waals surface area contributed by atoms with Crippen molar-refractivity contribution in [1.82, 2.24) is 15.2 Å². The summed E-state index contributed by atoms with van der Waals surface area (Å²) >= 11 is 25.4. The number of benzene rings is 2. The Morgan fingerprint density at radius 2 is 2.10 bits per heavy atom. The standard InChI is InChI=1S/C28H27Cl3N6OS/c1-2-17-11-20-5-3-8-33-24(20)23(13-17)36-9-4-10-37(27(36)39)26(28(29,30)31)35-25(38)21-14-19-7-6-18(15-32)12-22(19)34-16-21/h3,5-8,11-13,21,26,34H,2,4,9-10,14,16H2,1H3,(H,35,38). The van der Waals surface area contributed by atoms with E-state index in [1.165, 1.54) is 5.56 Å². The second-order valence-electron chi connectivity index (χ2n) is 9.74. The lowest BCUT2D eigenvalue weighted by atomic mass is 9.92. The van der Waals surface area contributed by atoms with Gasteiger partial charge in [0.2, 0.25) is 9.70 Å². The maximum Gasteiger partial charge on any atom is 0.228 e. The topological polar surface area (TPSA) is 84.3 Å². The van der Waals surface area contributed by atoms with Gasteiger partial charge < -0.3 is 20.4 Å². The molecule has 0 saturated carbocycles. The summed E-state index contributed by atoms with van der Waals surface area (Å²) in [6.45, 7) is 3.72. The molecule has 2 aliphatic heterocycles. The van der Waals surface area contributed by atoms with E-state index in [0.717, 1.165) is 40.7 Å². The zero-order valence-corrected chi connectivity index (χ0v) is 24.3. The lowest BCUT2D eigenvalue weighted by Gasteiger charge is -2.45. The number of alkyl halides is 3. The second kappa shape index (κ2) is 11.3. The molecule has 3 aromatic rings. The van der Waals surface area contributed by atoms with Gasteiger partial charge in [0.15, 0.2) is 11.3 Å². The minimum Gasteiger partial charge on any atom is -0.384 e. The number of aryl methyl sites for hydroxylation is 1. The molecule has 1 saturated heterocycles. The molecule has 1 amide bonds. The van der Waals surface area contributed by atoms with Crippen LogP contribution in [0.4, 0.5) is 11.4 Å². The second-order valence-corrected chi connectivity index (χ2v) is 12.5. The van der Waals surface area contributed by atoms with Crippen molar-refractivity contribution in [2.24, 2.45) is 5.92 Å². The van der Waals surface area contributed by atoms with Crippen LogP contribution in [0.1, 0.15) is 30.0 Å². The van der Waals surface area contributed by atoms with Crippen molar-refractivity contribution in [3.63, 3.8) is 0 Å². The van der Waals surface area contributed by atoms with Crippen LogP contribution in [0.25, 0.3) is 10.9 Å². The van der Waals surface area contributed by atoms with Crippen LogP contribution >= 0.6 is 47.0 Å². The summed E-state index contributed by atoms with van der Waals surface area (Å²) in [4.78, 5) is 21.9. The minimum absolute atomic E-state index is 0.242. The molecule has 2 N–H and O–H groups in total. The van der Waals surface area contributed by atoms with E-state index in [0.29, 0.717) is 36.7 Å². The number of rotatable bonds is 5. The predicted octanol–water partition coefficient (Wildman–Crippen LogP) is 5.56. The molecule has 7 nitrogen and oxygen atoms in total. The molecule has 202 valence electrons. The first-order chi connectivity index (χ1) is 18.7. The Bertz CT molecular complexity index is 1470. The number of nitriles is 1. The van der Waals surface area contributed by atoms with Gasteiger partial charge >= 0.3 is 0 Å². The molecule has 2 atom stereocenters. The zero-order chi connectivity index (χ0) is 27.7. The molecule has 2 aromatic carbocycles. The maximum absolute atomic E-state index is 13.5. The molecule has 11 heteroatoms. The molecule has 2 aliphatic rings. The molecule has 0 bridgehead atoms. The summed E-state index contributed by atoms with van der Waals surface area (Å²) in [5.74, 6) is -0.627. The van der Waals surface area contributed by atoms with E-state index in [1.807, 2.05) is 23.1 Å². The smallest absolute Gasteiger partial charge is 0.228 e. The number of anilines is 2. The lowest BCUT2D eigenvalue weighted by molar-refractivity contribution is -0.126. The van der Waals surface area contributed by atoms with Crippen molar-refractivity contribution < 1.29 is 4.79 Å². The summed E-state index contributed by atoms with van der Waals surface area (Å²) in [6.07, 6.45) is 2.92. The van der Waals surface area contributed by atoms with Crippen LogP contribution in [0.5, 0.6) is 0 Å². The highest BCUT2D eigenvalue weighted by Crippen LogP contribution is 2.36. The summed E-state index contributed by atoms with van der Waals surface area (Å²) in [6, 6.07) is 15.7. The summed E-state index contributed by atoms with van der Waals surface area (Å²) in [5, 5.41) is 16.9. The van der Waals surface area contributed by atoms with Gasteiger partial charge in [0.25, 0.3) is 0 Å². The number of pyridine rings is 1. The third-order valence-electron chi connectivity index (χ3n) is 7.22. The molecule has 39 heavy (non-hydrogen) atoms. The molecule has 2 unspecified atom stereocenters. The summed E-state index contributed by atoms with van der Waals surface area (Å²) in [7, 11) is 0. The van der Waals surface area contributed by atoms with E-state index < -0.39 is 9.96 Å². The number of fused-ring (bicyclic) bond motifs is 2. The number of hydrogen-bond acceptors (Lipinski definition) is 5. The van der Waals surface area contributed by atoms with E-state index in [-0.39, 0.29) is 11.8 Å². The molecule has 0 radical (unpaired) electrons. The number of carbonyl (C=O) groups excluding carboxylic acids is 1. The number of aromatic nitrogens is 1. The SMILES string of the molecule is CCc1cc(N2CCCN(C(NC(=O)C3CNc4cc(C#N)ccc4C3)C(Cl)(Cl)Cl)C2=S)c2ncccc2c1. The minimum atomic E-state index is -1.84. The predicted molar refractivity (Wildman–Crippen MR) is 161 cm³/mol. The molecule has 0 aliphatic carbocycles. The third-order valence-corrected chi connectivity index (χ3v) is 8.29. The third kappa shape index (κ3) is 5.73. The van der Waals surface area contributed by atoms with Crippen molar-refractivity contribution in [3.05, 3.63) is 65.4 Å². The summed E-state index contributed by atoms with van der Waals surface area (Å²) in [5.41, 5.74) is 5.30. The van der Waals surface area contributed by atoms with Gasteiger partial charge in [-0.1, -0.05) is 53.9 Å². The summed E-state index contributed by atoms with van der Waals surface area (Å²) < 4.78 is -1.84. The average Bonchev–Trinajstić information content (AvgIpc) is 2.94. The van der Waals surface area contributed by atoms with Gasteiger partial charge in [0.05, 0.1) is 28.8 Å². The van der Waals surface area contributed by atoms with Gasteiger partial charge in [0.1, 0.15) is 0 Å². The number of hydrogen-bond donors (Lipinski definition) is 2. The van der Waals surface area contributed by atoms with E-state index in [4.69, 9.17) is 52.3 Å². The van der Waals surface area contributed by atoms with Crippen LogP contribution in [0.3, 0.4) is 0 Å². The Hall–Kier alpha value is -2.83. The van der Waals surface area contributed by atoms with Crippen molar-refractivity contribution in [2.45, 2.75) is 36.1 Å². The fourth-order valence-electron chi connectivity index (χ4n) is 5.19. The Labute approximate surface area is 248 Å². The van der Waals surface area contributed by atoms with Crippen LogP contribution in [0, 0.1) is 17.2 Å². The number of carbonyl (C=O) groups is 1. The first-order valence-electron chi connectivity index (χ1n) is 12.8. The Morgan fingerprint density at radius 3 is 2.85 bits per heavy atom. The maximum atomic E-state index is 13.5. The number of amides is 1. The molecule has 5 rings (SSSR count). The molecule has 1 aromatic heterocycles. The van der Waals surface area contributed by atoms with Crippen molar-refractivity contribution in [3.8, 4) is 6.07 Å². The Morgan fingerprint density at radius 1 is 1.28 bits per heavy atom. The fourth-order valence-corrected chi connectivity index (χ4v) is 6.09. The molecule has 3 heterocycles. The van der Waals surface area contributed by atoms with E-state index >= 15 is 0 Å². The van der Waals surface area contributed by atoms with E-state index in [2.05, 4.69) is 40.7 Å². The van der Waals surface area contributed by atoms with Crippen LogP contribution in [-0.2, 0) is 17.6 Å². The molecular formula is C28H27Cl3N6OS. The molecular weight excluding hydrogens is 575 g/mol. The number of nitrogens with zero attached hydrogens (tertiary/aromatic N) is 4. The number of nitrogens with one attached hydrogen (secondary N) is 2. The zero-order valence-electron chi connectivity index (χ0n) is 21.3. The molecule has 1 fully saturated rings. The van der Waals surface area contributed by atoms with Crippen LogP contribution < -0.4 is 15.5 Å². The monoisotopic (exact) mass is 600 g/mol. The van der Waals surface area contributed by atoms with Gasteiger partial charge in [0, 0.05) is 36.9 Å². The van der Waals surface area contributed by atoms with Crippen LogP contribution in [-0.4, -0.2) is 50.5 Å². The Balaban J connectivity index is 1.39. The van der Waals surface area contributed by atoms with Crippen molar-refractivity contribution in [2.75, 3.05) is 29.9 Å². The van der Waals surface area contributed by atoms with Crippen LogP contribution in [0.2, 0.25) is 0 Å². The first kappa shape index (κ1) is 27.7. The first-order valence-corrected chi connectivity index (χ1v) is 14.3. The highest BCUT2D eigenvalue weighted by Gasteiger charge is 2.43. The Kier molecular flexibility index (Phi) is 8.06. The normalized spacial score (nSPS) is 18.2. The van der Waals surface area contributed by atoms with Gasteiger partial charge in [-0.2, -0.15) is 5.26 Å². The van der Waals surface area contributed by atoms with Crippen LogP contribution in [0.15, 0.2) is 48.7 Å². The average molecular weight is 602 g/mol. The van der Waals surface area contributed by atoms with E-state index in [1.54, 1.807) is 23.2 Å². The highest BCUT2D eigenvalue weighted by molar-refractivity contribution is 7.80. The van der Waals surface area contributed by atoms with Gasteiger partial charge in [-0.15, -0.1) is 0 Å². The highest BCUT2D eigenvalue weighted by atomic mass is 35.6. The van der Waals surface area contributed by atoms with Gasteiger partial charge in [-0.05, 0) is 72.9 Å². The molecule has 0 spiro atoms. The lowest BCUT2D eigenvalue weighted by Crippen LogP contribution is -2.63. The van der Waals surface area contributed by atoms with Crippen molar-refractivity contribution >= 4 is 80.3 Å².